The van der Waals surface area contributed by atoms with Gasteiger partial charge >= 0.3 is 0 Å². The number of nitrogens with one attached hydrogen (secondary N) is 1. The lowest BCUT2D eigenvalue weighted by atomic mass is 9.82. The van der Waals surface area contributed by atoms with Crippen LogP contribution in [0.2, 0.25) is 5.02 Å². The highest BCUT2D eigenvalue weighted by Crippen LogP contribution is 2.30. The van der Waals surface area contributed by atoms with Gasteiger partial charge in [-0.05, 0) is 25.0 Å². The van der Waals surface area contributed by atoms with Crippen LogP contribution >= 0.6 is 22.9 Å². The van der Waals surface area contributed by atoms with Crippen molar-refractivity contribution in [2.24, 2.45) is 5.73 Å². The normalized spacial score (nSPS) is 17.2. The van der Waals surface area contributed by atoms with Crippen molar-refractivity contribution in [1.29, 1.82) is 0 Å². The van der Waals surface area contributed by atoms with Gasteiger partial charge in [-0.2, -0.15) is 0 Å². The zero-order valence-electron chi connectivity index (χ0n) is 12.0. The van der Waals surface area contributed by atoms with Crippen LogP contribution in [0.5, 0.6) is 0 Å². The van der Waals surface area contributed by atoms with Crippen molar-refractivity contribution in [2.45, 2.75) is 37.6 Å². The molecule has 0 atom stereocenters. The molecule has 1 aliphatic carbocycles. The highest BCUT2D eigenvalue weighted by Gasteiger charge is 2.35. The average molecular weight is 337 g/mol. The number of carbonyl (C=O) groups is 1. The maximum absolute atomic E-state index is 12.4. The van der Waals surface area contributed by atoms with Crippen LogP contribution in [-0.4, -0.2) is 21.6 Å². The number of amides is 1. The molecular formula is C15H17ClN4OS. The van der Waals surface area contributed by atoms with Gasteiger partial charge in [0.1, 0.15) is 5.01 Å². The van der Waals surface area contributed by atoms with E-state index in [4.69, 9.17) is 17.3 Å². The number of rotatable bonds is 3. The topological polar surface area (TPSA) is 80.9 Å². The van der Waals surface area contributed by atoms with Gasteiger partial charge < -0.3 is 5.73 Å². The van der Waals surface area contributed by atoms with Crippen molar-refractivity contribution in [2.75, 3.05) is 5.32 Å². The number of halogens is 1. The molecule has 1 amide bonds. The van der Waals surface area contributed by atoms with E-state index < -0.39 is 5.54 Å². The Morgan fingerprint density at radius 3 is 2.77 bits per heavy atom. The third kappa shape index (κ3) is 3.29. The second-order valence-electron chi connectivity index (χ2n) is 5.59. The number of benzene rings is 1. The minimum atomic E-state index is -0.778. The summed E-state index contributed by atoms with van der Waals surface area (Å²) in [6.07, 6.45) is 4.57. The van der Waals surface area contributed by atoms with Crippen LogP contribution in [-0.2, 0) is 4.79 Å². The maximum Gasteiger partial charge on any atom is 0.246 e. The van der Waals surface area contributed by atoms with Gasteiger partial charge in [-0.25, -0.2) is 0 Å². The van der Waals surface area contributed by atoms with E-state index in [0.717, 1.165) is 37.7 Å². The Labute approximate surface area is 137 Å². The van der Waals surface area contributed by atoms with Crippen molar-refractivity contribution in [3.05, 3.63) is 29.3 Å². The first kappa shape index (κ1) is 15.4. The zero-order valence-corrected chi connectivity index (χ0v) is 13.6. The van der Waals surface area contributed by atoms with Crippen LogP contribution in [0.4, 0.5) is 5.13 Å². The van der Waals surface area contributed by atoms with E-state index in [1.807, 2.05) is 18.2 Å². The Morgan fingerprint density at radius 2 is 2.05 bits per heavy atom. The molecule has 2 aromatic rings. The second kappa shape index (κ2) is 6.32. The summed E-state index contributed by atoms with van der Waals surface area (Å²) in [5.41, 5.74) is 6.32. The van der Waals surface area contributed by atoms with Gasteiger partial charge in [0.2, 0.25) is 11.0 Å². The second-order valence-corrected chi connectivity index (χ2v) is 7.01. The summed E-state index contributed by atoms with van der Waals surface area (Å²) in [5.74, 6) is -0.166. The number of aromatic nitrogens is 2. The van der Waals surface area contributed by atoms with E-state index in [-0.39, 0.29) is 5.91 Å². The summed E-state index contributed by atoms with van der Waals surface area (Å²) in [5, 5.41) is 12.8. The predicted molar refractivity (Wildman–Crippen MR) is 89.0 cm³/mol. The lowest BCUT2D eigenvalue weighted by Crippen LogP contribution is -2.52. The summed E-state index contributed by atoms with van der Waals surface area (Å²) in [6, 6.07) is 7.38. The fourth-order valence-electron chi connectivity index (χ4n) is 2.64. The van der Waals surface area contributed by atoms with Gasteiger partial charge in [-0.1, -0.05) is 54.3 Å². The van der Waals surface area contributed by atoms with Gasteiger partial charge in [-0.3, -0.25) is 10.1 Å². The summed E-state index contributed by atoms with van der Waals surface area (Å²) >= 11 is 7.29. The molecule has 7 heteroatoms. The van der Waals surface area contributed by atoms with Crippen molar-refractivity contribution in [3.63, 3.8) is 0 Å². The van der Waals surface area contributed by atoms with Crippen molar-refractivity contribution < 1.29 is 4.79 Å². The van der Waals surface area contributed by atoms with Gasteiger partial charge in [0.15, 0.2) is 0 Å². The summed E-state index contributed by atoms with van der Waals surface area (Å²) in [6.45, 7) is 0. The lowest BCUT2D eigenvalue weighted by molar-refractivity contribution is -0.122. The Kier molecular flexibility index (Phi) is 4.42. The SMILES string of the molecule is NC1(C(=O)Nc2nnc(-c3cccc(Cl)c3)s2)CCCCC1. The Bertz CT molecular complexity index is 682. The monoisotopic (exact) mass is 336 g/mol. The lowest BCUT2D eigenvalue weighted by Gasteiger charge is -2.31. The summed E-state index contributed by atoms with van der Waals surface area (Å²) in [7, 11) is 0. The Morgan fingerprint density at radius 1 is 1.27 bits per heavy atom. The van der Waals surface area contributed by atoms with Crippen LogP contribution in [0, 0.1) is 0 Å². The molecule has 5 nitrogen and oxygen atoms in total. The molecule has 1 aliphatic rings. The van der Waals surface area contributed by atoms with Crippen LogP contribution in [0.25, 0.3) is 10.6 Å². The van der Waals surface area contributed by atoms with E-state index in [9.17, 15) is 4.79 Å². The van der Waals surface area contributed by atoms with Crippen molar-refractivity contribution >= 4 is 34.0 Å². The maximum atomic E-state index is 12.4. The molecule has 3 rings (SSSR count). The summed E-state index contributed by atoms with van der Waals surface area (Å²) in [4.78, 5) is 12.4. The van der Waals surface area contributed by atoms with Crippen LogP contribution in [0.3, 0.4) is 0 Å². The molecule has 3 N–H and O–H groups in total. The molecule has 1 saturated carbocycles. The molecule has 1 fully saturated rings. The average Bonchev–Trinajstić information content (AvgIpc) is 2.96. The number of hydrogen-bond acceptors (Lipinski definition) is 5. The molecule has 116 valence electrons. The largest absolute Gasteiger partial charge is 0.317 e. The molecule has 0 bridgehead atoms. The number of nitrogens with zero attached hydrogens (tertiary/aromatic N) is 2. The Balaban J connectivity index is 1.73. The van der Waals surface area contributed by atoms with E-state index >= 15 is 0 Å². The minimum Gasteiger partial charge on any atom is -0.317 e. The molecule has 0 spiro atoms. The molecule has 1 aromatic carbocycles. The van der Waals surface area contributed by atoms with Gasteiger partial charge in [0.25, 0.3) is 0 Å². The number of hydrogen-bond donors (Lipinski definition) is 2. The molecule has 1 heterocycles. The molecule has 22 heavy (non-hydrogen) atoms. The van der Waals surface area contributed by atoms with E-state index in [0.29, 0.717) is 15.2 Å². The standard InChI is InChI=1S/C15H17ClN4OS/c16-11-6-4-5-10(9-11)12-19-20-14(22-12)18-13(21)15(17)7-2-1-3-8-15/h4-6,9H,1-3,7-8,17H2,(H,18,20,21). The van der Waals surface area contributed by atoms with E-state index in [2.05, 4.69) is 15.5 Å². The van der Waals surface area contributed by atoms with Crippen LogP contribution < -0.4 is 11.1 Å². The highest BCUT2D eigenvalue weighted by atomic mass is 35.5. The predicted octanol–water partition coefficient (Wildman–Crippen LogP) is 3.46. The van der Waals surface area contributed by atoms with Crippen molar-refractivity contribution in [3.8, 4) is 10.6 Å². The highest BCUT2D eigenvalue weighted by molar-refractivity contribution is 7.18. The van der Waals surface area contributed by atoms with E-state index in [1.54, 1.807) is 6.07 Å². The van der Waals surface area contributed by atoms with Gasteiger partial charge in [-0.15, -0.1) is 10.2 Å². The molecule has 0 saturated heterocycles. The van der Waals surface area contributed by atoms with E-state index in [1.165, 1.54) is 11.3 Å². The smallest absolute Gasteiger partial charge is 0.246 e. The van der Waals surface area contributed by atoms with Crippen LogP contribution in [0.1, 0.15) is 32.1 Å². The molecular weight excluding hydrogens is 320 g/mol. The molecule has 0 radical (unpaired) electrons. The Hall–Kier alpha value is -1.50. The molecule has 1 aromatic heterocycles. The van der Waals surface area contributed by atoms with Gasteiger partial charge in [0.05, 0.1) is 5.54 Å². The van der Waals surface area contributed by atoms with Gasteiger partial charge in [0, 0.05) is 10.6 Å². The first-order valence-electron chi connectivity index (χ1n) is 7.27. The number of anilines is 1. The van der Waals surface area contributed by atoms with Crippen molar-refractivity contribution in [1.82, 2.24) is 10.2 Å². The quantitative estimate of drug-likeness (QED) is 0.899. The number of carbonyl (C=O) groups excluding carboxylic acids is 1. The molecule has 0 aliphatic heterocycles. The molecule has 0 unspecified atom stereocenters. The first-order chi connectivity index (χ1) is 10.6. The fourth-order valence-corrected chi connectivity index (χ4v) is 3.57. The third-order valence-corrected chi connectivity index (χ3v) is 5.04. The van der Waals surface area contributed by atoms with Crippen LogP contribution in [0.15, 0.2) is 24.3 Å². The fraction of sp³-hybridized carbons (Fsp3) is 0.400. The first-order valence-corrected chi connectivity index (χ1v) is 8.46. The summed E-state index contributed by atoms with van der Waals surface area (Å²) < 4.78 is 0. The zero-order chi connectivity index (χ0) is 15.6. The number of nitrogens with two attached hydrogens (primary N) is 1. The third-order valence-electron chi connectivity index (χ3n) is 3.92. The minimum absolute atomic E-state index is 0.166.